The Balaban J connectivity index is 2.08. The molecule has 4 rings (SSSR count). The van der Waals surface area contributed by atoms with Gasteiger partial charge in [-0.2, -0.15) is 0 Å². The molecule has 0 atom stereocenters. The first-order chi connectivity index (χ1) is 14.5. The number of rotatable bonds is 5. The van der Waals surface area contributed by atoms with Crippen LogP contribution in [0.2, 0.25) is 0 Å². The van der Waals surface area contributed by atoms with Gasteiger partial charge in [-0.05, 0) is 27.0 Å². The SMILES string of the molecule is CCN(CC)C(=O)c1c(N2CCN(C)CC2)c2ccccc2n2c(C(C)C)nnc12. The van der Waals surface area contributed by atoms with Crippen LogP contribution in [0, 0.1) is 0 Å². The molecule has 0 radical (unpaired) electrons. The third kappa shape index (κ3) is 3.31. The molecule has 0 N–H and O–H groups in total. The summed E-state index contributed by atoms with van der Waals surface area (Å²) in [5.74, 6) is 1.13. The van der Waals surface area contributed by atoms with Gasteiger partial charge in [-0.25, -0.2) is 0 Å². The average Bonchev–Trinajstić information content (AvgIpc) is 3.20. The summed E-state index contributed by atoms with van der Waals surface area (Å²) in [6.45, 7) is 13.4. The Morgan fingerprint density at radius 1 is 1.07 bits per heavy atom. The number of piperazine rings is 1. The molecule has 160 valence electrons. The summed E-state index contributed by atoms with van der Waals surface area (Å²) in [4.78, 5) is 20.4. The second kappa shape index (κ2) is 8.22. The third-order valence-corrected chi connectivity index (χ3v) is 6.15. The number of carbonyl (C=O) groups is 1. The second-order valence-electron chi connectivity index (χ2n) is 8.38. The minimum atomic E-state index is 0.0346. The number of anilines is 1. The van der Waals surface area contributed by atoms with Gasteiger partial charge in [-0.15, -0.1) is 10.2 Å². The summed E-state index contributed by atoms with van der Waals surface area (Å²) in [6, 6.07) is 8.35. The van der Waals surface area contributed by atoms with Crippen LogP contribution in [0.25, 0.3) is 16.6 Å². The lowest BCUT2D eigenvalue weighted by atomic mass is 10.0. The highest BCUT2D eigenvalue weighted by molar-refractivity contribution is 6.12. The van der Waals surface area contributed by atoms with Crippen LogP contribution in [0.4, 0.5) is 5.69 Å². The number of aromatic nitrogens is 3. The van der Waals surface area contributed by atoms with Gasteiger partial charge in [0, 0.05) is 50.6 Å². The van der Waals surface area contributed by atoms with Crippen LogP contribution < -0.4 is 4.90 Å². The van der Waals surface area contributed by atoms with Crippen LogP contribution in [0.5, 0.6) is 0 Å². The van der Waals surface area contributed by atoms with Gasteiger partial charge in [-0.1, -0.05) is 32.0 Å². The molecule has 2 aromatic heterocycles. The van der Waals surface area contributed by atoms with Crippen LogP contribution in [-0.2, 0) is 0 Å². The lowest BCUT2D eigenvalue weighted by Crippen LogP contribution is -2.45. The monoisotopic (exact) mass is 408 g/mol. The minimum Gasteiger partial charge on any atom is -0.368 e. The Bertz CT molecular complexity index is 1060. The van der Waals surface area contributed by atoms with E-state index in [4.69, 9.17) is 0 Å². The van der Waals surface area contributed by atoms with Crippen molar-refractivity contribution >= 4 is 28.1 Å². The van der Waals surface area contributed by atoms with E-state index in [1.54, 1.807) is 0 Å². The van der Waals surface area contributed by atoms with Gasteiger partial charge in [0.2, 0.25) is 0 Å². The minimum absolute atomic E-state index is 0.0346. The molecule has 0 bridgehead atoms. The van der Waals surface area contributed by atoms with Crippen molar-refractivity contribution in [2.75, 3.05) is 51.2 Å². The van der Waals surface area contributed by atoms with Crippen molar-refractivity contribution in [3.63, 3.8) is 0 Å². The molecule has 0 unspecified atom stereocenters. The van der Waals surface area contributed by atoms with E-state index in [9.17, 15) is 4.79 Å². The van der Waals surface area contributed by atoms with Gasteiger partial charge in [0.25, 0.3) is 5.91 Å². The molecule has 1 fully saturated rings. The number of para-hydroxylation sites is 1. The largest absolute Gasteiger partial charge is 0.368 e. The van der Waals surface area contributed by atoms with E-state index < -0.39 is 0 Å². The summed E-state index contributed by atoms with van der Waals surface area (Å²) in [6.07, 6.45) is 0. The first kappa shape index (κ1) is 20.6. The van der Waals surface area contributed by atoms with Crippen molar-refractivity contribution in [1.82, 2.24) is 24.4 Å². The Morgan fingerprint density at radius 2 is 1.73 bits per heavy atom. The number of fused-ring (bicyclic) bond motifs is 3. The first-order valence-electron chi connectivity index (χ1n) is 11.0. The zero-order valence-electron chi connectivity index (χ0n) is 18.7. The van der Waals surface area contributed by atoms with Crippen molar-refractivity contribution < 1.29 is 4.79 Å². The molecule has 7 heteroatoms. The molecule has 1 aliphatic rings. The maximum atomic E-state index is 13.8. The van der Waals surface area contributed by atoms with Crippen LogP contribution in [0.1, 0.15) is 49.8 Å². The maximum Gasteiger partial charge on any atom is 0.259 e. The van der Waals surface area contributed by atoms with E-state index in [0.717, 1.165) is 48.6 Å². The lowest BCUT2D eigenvalue weighted by molar-refractivity contribution is 0.0775. The Labute approximate surface area is 178 Å². The maximum absolute atomic E-state index is 13.8. The smallest absolute Gasteiger partial charge is 0.259 e. The molecule has 0 aliphatic carbocycles. The molecule has 1 amide bonds. The zero-order chi connectivity index (χ0) is 21.4. The van der Waals surface area contributed by atoms with Gasteiger partial charge < -0.3 is 14.7 Å². The lowest BCUT2D eigenvalue weighted by Gasteiger charge is -2.36. The number of amides is 1. The Morgan fingerprint density at radius 3 is 2.37 bits per heavy atom. The number of hydrogen-bond donors (Lipinski definition) is 0. The van der Waals surface area contributed by atoms with Crippen LogP contribution in [-0.4, -0.2) is 76.6 Å². The summed E-state index contributed by atoms with van der Waals surface area (Å²) in [5.41, 5.74) is 3.42. The van der Waals surface area contributed by atoms with Gasteiger partial charge >= 0.3 is 0 Å². The van der Waals surface area contributed by atoms with Crippen molar-refractivity contribution in [3.8, 4) is 0 Å². The van der Waals surface area contributed by atoms with Crippen molar-refractivity contribution in [2.24, 2.45) is 0 Å². The number of likely N-dealkylation sites (N-methyl/N-ethyl adjacent to an activating group) is 1. The summed E-state index contributed by atoms with van der Waals surface area (Å²) in [5, 5.41) is 10.2. The molecule has 3 aromatic rings. The first-order valence-corrected chi connectivity index (χ1v) is 11.0. The van der Waals surface area contributed by atoms with E-state index in [-0.39, 0.29) is 11.8 Å². The van der Waals surface area contributed by atoms with Gasteiger partial charge in [-0.3, -0.25) is 9.20 Å². The Hall–Kier alpha value is -2.67. The molecule has 0 spiro atoms. The third-order valence-electron chi connectivity index (χ3n) is 6.15. The highest BCUT2D eigenvalue weighted by atomic mass is 16.2. The average molecular weight is 409 g/mol. The Kier molecular flexibility index (Phi) is 5.64. The van der Waals surface area contributed by atoms with Crippen LogP contribution >= 0.6 is 0 Å². The van der Waals surface area contributed by atoms with Crippen molar-refractivity contribution in [3.05, 3.63) is 35.7 Å². The molecule has 3 heterocycles. The molecule has 1 aromatic carbocycles. The topological polar surface area (TPSA) is 57.0 Å². The molecule has 0 saturated carbocycles. The predicted molar refractivity (Wildman–Crippen MR) is 122 cm³/mol. The van der Waals surface area contributed by atoms with Gasteiger partial charge in [0.15, 0.2) is 5.65 Å². The fraction of sp³-hybridized carbons (Fsp3) is 0.522. The fourth-order valence-corrected chi connectivity index (χ4v) is 4.40. The number of pyridine rings is 1. The van der Waals surface area contributed by atoms with Crippen LogP contribution in [0.3, 0.4) is 0 Å². The van der Waals surface area contributed by atoms with Gasteiger partial charge in [0.05, 0.1) is 11.2 Å². The molecule has 7 nitrogen and oxygen atoms in total. The fourth-order valence-electron chi connectivity index (χ4n) is 4.40. The molecule has 30 heavy (non-hydrogen) atoms. The number of hydrogen-bond acceptors (Lipinski definition) is 5. The van der Waals surface area contributed by atoms with Crippen molar-refractivity contribution in [1.29, 1.82) is 0 Å². The molecular weight excluding hydrogens is 376 g/mol. The zero-order valence-corrected chi connectivity index (χ0v) is 18.7. The summed E-state index contributed by atoms with van der Waals surface area (Å²) >= 11 is 0. The quantitative estimate of drug-likeness (QED) is 0.649. The normalized spacial score (nSPS) is 15.5. The number of carbonyl (C=O) groups excluding carboxylic acids is 1. The van der Waals surface area contributed by atoms with E-state index >= 15 is 0 Å². The van der Waals surface area contributed by atoms with Crippen LogP contribution in [0.15, 0.2) is 24.3 Å². The van der Waals surface area contributed by atoms with E-state index in [2.05, 4.69) is 63.5 Å². The standard InChI is InChI=1S/C23H32N6O/c1-6-27(7-2)23(30)19-20(28-14-12-26(5)13-15-28)17-10-8-9-11-18(17)29-21(16(3)4)24-25-22(19)29/h8-11,16H,6-7,12-15H2,1-5H3. The highest BCUT2D eigenvalue weighted by Crippen LogP contribution is 2.36. The summed E-state index contributed by atoms with van der Waals surface area (Å²) < 4.78 is 2.09. The summed E-state index contributed by atoms with van der Waals surface area (Å²) in [7, 11) is 2.15. The predicted octanol–water partition coefficient (Wildman–Crippen LogP) is 3.24. The van der Waals surface area contributed by atoms with E-state index in [0.29, 0.717) is 24.3 Å². The second-order valence-corrected chi connectivity index (χ2v) is 8.38. The molecule has 1 aliphatic heterocycles. The van der Waals surface area contributed by atoms with Crippen molar-refractivity contribution in [2.45, 2.75) is 33.6 Å². The number of benzene rings is 1. The molecule has 1 saturated heterocycles. The van der Waals surface area contributed by atoms with Gasteiger partial charge in [0.1, 0.15) is 11.4 Å². The highest BCUT2D eigenvalue weighted by Gasteiger charge is 2.30. The van der Waals surface area contributed by atoms with E-state index in [1.807, 2.05) is 24.8 Å². The van der Waals surface area contributed by atoms with E-state index in [1.165, 1.54) is 0 Å². The number of nitrogens with zero attached hydrogens (tertiary/aromatic N) is 6. The molecular formula is C23H32N6O.